The number of likely N-dealkylation sites (N-methyl/N-ethyl adjacent to an activating group) is 1. The van der Waals surface area contributed by atoms with Crippen molar-refractivity contribution in [2.75, 3.05) is 33.2 Å². The van der Waals surface area contributed by atoms with Gasteiger partial charge in [-0.15, -0.1) is 0 Å². The third-order valence-electron chi connectivity index (χ3n) is 4.88. The van der Waals surface area contributed by atoms with Crippen molar-refractivity contribution in [3.8, 4) is 0 Å². The number of halogens is 1. The molecular weight excluding hydrogens is 446 g/mol. The van der Waals surface area contributed by atoms with Gasteiger partial charge in [0.25, 0.3) is 5.56 Å². The monoisotopic (exact) mass is 465 g/mol. The molecule has 0 saturated carbocycles. The van der Waals surface area contributed by atoms with E-state index in [9.17, 15) is 13.2 Å². The van der Waals surface area contributed by atoms with Crippen LogP contribution in [-0.4, -0.2) is 65.8 Å². The van der Waals surface area contributed by atoms with Crippen molar-refractivity contribution in [3.05, 3.63) is 57.7 Å². The minimum atomic E-state index is -3.54. The summed E-state index contributed by atoms with van der Waals surface area (Å²) in [6, 6.07) is 8.22. The van der Waals surface area contributed by atoms with Crippen LogP contribution < -0.4 is 5.56 Å². The van der Waals surface area contributed by atoms with Gasteiger partial charge in [0.1, 0.15) is 10.7 Å². The molecule has 3 aromatic rings. The summed E-state index contributed by atoms with van der Waals surface area (Å²) < 4.78 is 27.0. The average Bonchev–Trinajstić information content (AvgIpc) is 2.73. The number of aromatic nitrogens is 3. The number of hydrogen-bond acceptors (Lipinski definition) is 7. The highest BCUT2D eigenvalue weighted by Crippen LogP contribution is 2.23. The largest absolute Gasteiger partial charge is 0.309 e. The van der Waals surface area contributed by atoms with E-state index in [0.29, 0.717) is 58.7 Å². The first-order valence-corrected chi connectivity index (χ1v) is 12.1. The highest BCUT2D eigenvalue weighted by Gasteiger charge is 2.27. The van der Waals surface area contributed by atoms with Crippen LogP contribution in [0.2, 0.25) is 5.02 Å². The molecule has 11 heteroatoms. The molecule has 0 spiro atoms. The molecule has 8 nitrogen and oxygen atoms in total. The second kappa shape index (κ2) is 8.64. The first-order valence-electron chi connectivity index (χ1n) is 9.29. The molecule has 1 aliphatic heterocycles. The Morgan fingerprint density at radius 3 is 2.63 bits per heavy atom. The molecule has 0 amide bonds. The smallest absolute Gasteiger partial charge is 0.258 e. The maximum absolute atomic E-state index is 12.8. The number of nitrogens with one attached hydrogen (secondary N) is 1. The van der Waals surface area contributed by atoms with Crippen LogP contribution >= 0.6 is 23.4 Å². The number of nitrogens with zero attached hydrogens (tertiary/aromatic N) is 4. The summed E-state index contributed by atoms with van der Waals surface area (Å²) in [4.78, 5) is 26.0. The lowest BCUT2D eigenvalue weighted by atomic mass is 10.2. The number of thioether (sulfide) groups is 1. The second-order valence-electron chi connectivity index (χ2n) is 7.00. The summed E-state index contributed by atoms with van der Waals surface area (Å²) in [6.45, 7) is 2.37. The molecule has 3 heterocycles. The van der Waals surface area contributed by atoms with Gasteiger partial charge in [-0.05, 0) is 37.4 Å². The molecule has 0 unspecified atom stereocenters. The van der Waals surface area contributed by atoms with Crippen LogP contribution in [-0.2, 0) is 15.8 Å². The number of fused-ring (bicyclic) bond motifs is 1. The van der Waals surface area contributed by atoms with E-state index in [1.807, 2.05) is 7.05 Å². The van der Waals surface area contributed by atoms with Gasteiger partial charge in [0, 0.05) is 37.4 Å². The van der Waals surface area contributed by atoms with E-state index in [4.69, 9.17) is 11.6 Å². The predicted octanol–water partition coefficient (Wildman–Crippen LogP) is 2.20. The maximum atomic E-state index is 12.8. The molecule has 0 radical (unpaired) electrons. The van der Waals surface area contributed by atoms with Crippen LogP contribution in [0.3, 0.4) is 0 Å². The highest BCUT2D eigenvalue weighted by molar-refractivity contribution is 7.98. The normalized spacial score (nSPS) is 16.2. The van der Waals surface area contributed by atoms with Crippen LogP contribution in [0.1, 0.15) is 5.82 Å². The van der Waals surface area contributed by atoms with Crippen molar-refractivity contribution in [2.45, 2.75) is 15.7 Å². The Labute approximate surface area is 183 Å². The van der Waals surface area contributed by atoms with Crippen molar-refractivity contribution in [2.24, 2.45) is 0 Å². The Morgan fingerprint density at radius 2 is 1.93 bits per heavy atom. The van der Waals surface area contributed by atoms with Crippen LogP contribution in [0.5, 0.6) is 0 Å². The van der Waals surface area contributed by atoms with Crippen molar-refractivity contribution in [3.63, 3.8) is 0 Å². The van der Waals surface area contributed by atoms with Crippen LogP contribution in [0, 0.1) is 0 Å². The lowest BCUT2D eigenvalue weighted by Gasteiger charge is -2.31. The Balaban J connectivity index is 1.46. The molecule has 0 atom stereocenters. The minimum absolute atomic E-state index is 0.186. The quantitative estimate of drug-likeness (QED) is 0.576. The van der Waals surface area contributed by atoms with E-state index in [1.165, 1.54) is 22.3 Å². The summed E-state index contributed by atoms with van der Waals surface area (Å²) >= 11 is 7.30. The Hall–Kier alpha value is -1.98. The van der Waals surface area contributed by atoms with Crippen molar-refractivity contribution in [1.82, 2.24) is 24.2 Å². The summed E-state index contributed by atoms with van der Waals surface area (Å²) in [5, 5.41) is 1.56. The maximum Gasteiger partial charge on any atom is 0.258 e. The van der Waals surface area contributed by atoms with E-state index in [0.717, 1.165) is 0 Å². The molecule has 0 aliphatic carbocycles. The molecule has 158 valence electrons. The van der Waals surface area contributed by atoms with Gasteiger partial charge in [-0.1, -0.05) is 23.4 Å². The zero-order valence-corrected chi connectivity index (χ0v) is 18.6. The van der Waals surface area contributed by atoms with Crippen LogP contribution in [0.4, 0.5) is 0 Å². The number of pyridine rings is 1. The SMILES string of the molecule is CN1CCN(S(=O)(=O)c2ccc(SCc3nc4ccc(Cl)cc4c(=O)[nH]3)nc2)CC1. The standard InChI is InChI=1S/C19H20ClN5O3S2/c1-24-6-8-25(9-7-24)30(27,28)14-3-5-18(21-11-14)29-12-17-22-16-4-2-13(20)10-15(16)19(26)23-17/h2-5,10-11H,6-9,12H2,1H3,(H,22,23,26). The van der Waals surface area contributed by atoms with Gasteiger partial charge in [0.2, 0.25) is 10.0 Å². The molecule has 1 saturated heterocycles. The third kappa shape index (κ3) is 4.52. The molecule has 0 bridgehead atoms. The number of aromatic amines is 1. The number of sulfonamides is 1. The van der Waals surface area contributed by atoms with E-state index in [-0.39, 0.29) is 10.5 Å². The topological polar surface area (TPSA) is 99.3 Å². The molecule has 1 N–H and O–H groups in total. The summed E-state index contributed by atoms with van der Waals surface area (Å²) in [5.74, 6) is 0.904. The number of piperazine rings is 1. The van der Waals surface area contributed by atoms with Crippen LogP contribution in [0.25, 0.3) is 10.9 Å². The zero-order chi connectivity index (χ0) is 21.3. The van der Waals surface area contributed by atoms with E-state index in [2.05, 4.69) is 19.9 Å². The van der Waals surface area contributed by atoms with Gasteiger partial charge in [-0.25, -0.2) is 18.4 Å². The van der Waals surface area contributed by atoms with Gasteiger partial charge in [-0.2, -0.15) is 4.31 Å². The molecule has 1 aromatic carbocycles. The van der Waals surface area contributed by atoms with Crippen LogP contribution in [0.15, 0.2) is 51.2 Å². The molecule has 30 heavy (non-hydrogen) atoms. The van der Waals surface area contributed by atoms with Crippen molar-refractivity contribution < 1.29 is 8.42 Å². The molecule has 2 aromatic heterocycles. The minimum Gasteiger partial charge on any atom is -0.309 e. The van der Waals surface area contributed by atoms with Crippen molar-refractivity contribution in [1.29, 1.82) is 0 Å². The van der Waals surface area contributed by atoms with Crippen molar-refractivity contribution >= 4 is 44.3 Å². The first-order chi connectivity index (χ1) is 14.3. The van der Waals surface area contributed by atoms with Gasteiger partial charge in [-0.3, -0.25) is 4.79 Å². The molecule has 4 rings (SSSR count). The lowest BCUT2D eigenvalue weighted by Crippen LogP contribution is -2.47. The highest BCUT2D eigenvalue weighted by atomic mass is 35.5. The summed E-state index contributed by atoms with van der Waals surface area (Å²) in [7, 11) is -1.56. The second-order valence-corrected chi connectivity index (χ2v) is 10.4. The zero-order valence-electron chi connectivity index (χ0n) is 16.2. The van der Waals surface area contributed by atoms with Gasteiger partial charge in [0.05, 0.1) is 21.7 Å². The third-order valence-corrected chi connectivity index (χ3v) is 7.95. The average molecular weight is 466 g/mol. The lowest BCUT2D eigenvalue weighted by molar-refractivity contribution is 0.222. The molecular formula is C19H20ClN5O3S2. The number of hydrogen-bond donors (Lipinski definition) is 1. The van der Waals surface area contributed by atoms with E-state index >= 15 is 0 Å². The Morgan fingerprint density at radius 1 is 1.17 bits per heavy atom. The first kappa shape index (κ1) is 21.3. The number of H-pyrrole nitrogens is 1. The summed E-state index contributed by atoms with van der Waals surface area (Å²) in [5.41, 5.74) is 0.319. The Kier molecular flexibility index (Phi) is 6.12. The van der Waals surface area contributed by atoms with Gasteiger partial charge >= 0.3 is 0 Å². The number of rotatable bonds is 5. The summed E-state index contributed by atoms with van der Waals surface area (Å²) in [6.07, 6.45) is 1.38. The Bertz CT molecular complexity index is 1220. The number of benzene rings is 1. The fourth-order valence-electron chi connectivity index (χ4n) is 3.15. The molecule has 1 fully saturated rings. The fourth-order valence-corrected chi connectivity index (χ4v) is 5.41. The fraction of sp³-hybridized carbons (Fsp3) is 0.316. The van der Waals surface area contributed by atoms with E-state index < -0.39 is 10.0 Å². The molecule has 1 aliphatic rings. The van der Waals surface area contributed by atoms with E-state index in [1.54, 1.807) is 30.3 Å². The van der Waals surface area contributed by atoms with Gasteiger partial charge in [0.15, 0.2) is 0 Å². The van der Waals surface area contributed by atoms with Gasteiger partial charge < -0.3 is 9.88 Å². The predicted molar refractivity (Wildman–Crippen MR) is 117 cm³/mol.